The molecule has 0 atom stereocenters. The molecule has 21 heavy (non-hydrogen) atoms. The Morgan fingerprint density at radius 1 is 1.24 bits per heavy atom. The quantitative estimate of drug-likeness (QED) is 0.883. The van der Waals surface area contributed by atoms with Crippen LogP contribution in [0.4, 0.5) is 5.82 Å². The van der Waals surface area contributed by atoms with Crippen molar-refractivity contribution in [1.29, 1.82) is 0 Å². The largest absolute Gasteiger partial charge is 0.383 e. The minimum atomic E-state index is -0.257. The van der Waals surface area contributed by atoms with Crippen molar-refractivity contribution < 1.29 is 4.79 Å². The van der Waals surface area contributed by atoms with Crippen molar-refractivity contribution in [3.8, 4) is 0 Å². The van der Waals surface area contributed by atoms with E-state index in [0.717, 1.165) is 22.3 Å². The summed E-state index contributed by atoms with van der Waals surface area (Å²) in [5.41, 5.74) is 8.48. The lowest BCUT2D eigenvalue weighted by atomic mass is 10.1. The zero-order valence-corrected chi connectivity index (χ0v) is 13.5. The number of fused-ring (bicyclic) bond motifs is 1. The summed E-state index contributed by atoms with van der Waals surface area (Å²) in [6.45, 7) is 11.8. The molecule has 0 aliphatic heterocycles. The van der Waals surface area contributed by atoms with Crippen molar-refractivity contribution >= 4 is 22.8 Å². The van der Waals surface area contributed by atoms with Crippen molar-refractivity contribution in [3.63, 3.8) is 0 Å². The van der Waals surface area contributed by atoms with Crippen LogP contribution in [0.25, 0.3) is 11.0 Å². The second-order valence-electron chi connectivity index (χ2n) is 6.45. The van der Waals surface area contributed by atoms with Gasteiger partial charge in [-0.05, 0) is 47.1 Å². The lowest BCUT2D eigenvalue weighted by molar-refractivity contribution is -0.123. The Hall–Kier alpha value is -2.11. The first-order valence-corrected chi connectivity index (χ1v) is 7.00. The molecule has 3 N–H and O–H groups in total. The minimum absolute atomic E-state index is 0.0441. The zero-order valence-electron chi connectivity index (χ0n) is 13.5. The Kier molecular flexibility index (Phi) is 3.65. The van der Waals surface area contributed by atoms with E-state index >= 15 is 0 Å². The van der Waals surface area contributed by atoms with Gasteiger partial charge in [-0.3, -0.25) is 4.79 Å². The molecule has 0 spiro atoms. The maximum absolute atomic E-state index is 12.2. The van der Waals surface area contributed by atoms with Crippen molar-refractivity contribution in [1.82, 2.24) is 19.9 Å². The van der Waals surface area contributed by atoms with E-state index in [1.165, 1.54) is 0 Å². The first kappa shape index (κ1) is 15.3. The van der Waals surface area contributed by atoms with Crippen LogP contribution in [0, 0.1) is 20.8 Å². The number of aromatic nitrogens is 3. The SMILES string of the molecule is Cc1nc(N)c2c(C)c(C)n(CC(=O)NC(C)(C)C)c2n1. The van der Waals surface area contributed by atoms with Crippen LogP contribution in [-0.2, 0) is 11.3 Å². The fraction of sp³-hybridized carbons (Fsp3) is 0.533. The molecule has 0 saturated carbocycles. The van der Waals surface area contributed by atoms with E-state index in [1.54, 1.807) is 6.92 Å². The van der Waals surface area contributed by atoms with E-state index < -0.39 is 0 Å². The van der Waals surface area contributed by atoms with Gasteiger partial charge in [-0.25, -0.2) is 9.97 Å². The Morgan fingerprint density at radius 2 is 1.86 bits per heavy atom. The van der Waals surface area contributed by atoms with E-state index in [4.69, 9.17) is 5.73 Å². The highest BCUT2D eigenvalue weighted by atomic mass is 16.2. The van der Waals surface area contributed by atoms with Gasteiger partial charge in [0.25, 0.3) is 0 Å². The fourth-order valence-corrected chi connectivity index (χ4v) is 2.47. The van der Waals surface area contributed by atoms with Gasteiger partial charge >= 0.3 is 0 Å². The highest BCUT2D eigenvalue weighted by Crippen LogP contribution is 2.27. The maximum atomic E-state index is 12.2. The predicted molar refractivity (Wildman–Crippen MR) is 84.0 cm³/mol. The monoisotopic (exact) mass is 289 g/mol. The average molecular weight is 289 g/mol. The number of nitrogens with one attached hydrogen (secondary N) is 1. The van der Waals surface area contributed by atoms with Gasteiger partial charge in [0.2, 0.25) is 5.91 Å². The lowest BCUT2D eigenvalue weighted by Gasteiger charge is -2.21. The van der Waals surface area contributed by atoms with E-state index in [9.17, 15) is 4.79 Å². The molecule has 0 bridgehead atoms. The molecular formula is C15H23N5O. The standard InChI is InChI=1S/C15H23N5O/c1-8-9(2)20(7-11(21)19-15(4,5)6)14-12(8)13(16)17-10(3)18-14/h7H2,1-6H3,(H,19,21)(H2,16,17,18). The van der Waals surface area contributed by atoms with Crippen LogP contribution in [-0.4, -0.2) is 26.0 Å². The molecule has 2 aromatic heterocycles. The molecule has 6 nitrogen and oxygen atoms in total. The van der Waals surface area contributed by atoms with Gasteiger partial charge in [0, 0.05) is 11.2 Å². The summed E-state index contributed by atoms with van der Waals surface area (Å²) in [4.78, 5) is 20.9. The zero-order chi connectivity index (χ0) is 15.9. The number of nitrogens with zero attached hydrogens (tertiary/aromatic N) is 3. The first-order valence-electron chi connectivity index (χ1n) is 7.00. The van der Waals surface area contributed by atoms with Crippen LogP contribution in [0.15, 0.2) is 0 Å². The van der Waals surface area contributed by atoms with Crippen molar-refractivity contribution in [2.75, 3.05) is 5.73 Å². The van der Waals surface area contributed by atoms with Crippen molar-refractivity contribution in [2.24, 2.45) is 0 Å². The number of carbonyl (C=O) groups is 1. The number of nitrogens with two attached hydrogens (primary N) is 1. The topological polar surface area (TPSA) is 85.8 Å². The van der Waals surface area contributed by atoms with Gasteiger partial charge in [0.1, 0.15) is 23.8 Å². The molecule has 0 aromatic carbocycles. The Bertz CT molecular complexity index is 709. The number of carbonyl (C=O) groups excluding carboxylic acids is 1. The van der Waals surface area contributed by atoms with Crippen LogP contribution >= 0.6 is 0 Å². The van der Waals surface area contributed by atoms with Gasteiger partial charge in [0.05, 0.1) is 5.39 Å². The van der Waals surface area contributed by atoms with Gasteiger partial charge in [-0.2, -0.15) is 0 Å². The Morgan fingerprint density at radius 3 is 2.43 bits per heavy atom. The predicted octanol–water partition coefficient (Wildman–Crippen LogP) is 1.85. The summed E-state index contributed by atoms with van der Waals surface area (Å²) >= 11 is 0. The third kappa shape index (κ3) is 2.99. The first-order chi connectivity index (χ1) is 9.60. The summed E-state index contributed by atoms with van der Waals surface area (Å²) < 4.78 is 1.90. The molecule has 0 aliphatic rings. The van der Waals surface area contributed by atoms with Crippen LogP contribution in [0.1, 0.15) is 37.9 Å². The highest BCUT2D eigenvalue weighted by Gasteiger charge is 2.20. The summed E-state index contributed by atoms with van der Waals surface area (Å²) in [5, 5.41) is 3.80. The third-order valence-corrected chi connectivity index (χ3v) is 3.42. The average Bonchev–Trinajstić information content (AvgIpc) is 2.52. The molecule has 6 heteroatoms. The van der Waals surface area contributed by atoms with Crippen LogP contribution in [0.3, 0.4) is 0 Å². The van der Waals surface area contributed by atoms with Gasteiger partial charge in [-0.1, -0.05) is 0 Å². The molecule has 0 radical (unpaired) electrons. The van der Waals surface area contributed by atoms with Crippen LogP contribution in [0.2, 0.25) is 0 Å². The normalized spacial score (nSPS) is 11.9. The summed E-state index contributed by atoms with van der Waals surface area (Å²) in [6, 6.07) is 0. The third-order valence-electron chi connectivity index (χ3n) is 3.42. The number of amides is 1. The molecule has 114 valence electrons. The fourth-order valence-electron chi connectivity index (χ4n) is 2.47. The molecule has 1 amide bonds. The molecule has 0 unspecified atom stereocenters. The second kappa shape index (κ2) is 5.02. The number of hydrogen-bond donors (Lipinski definition) is 2. The highest BCUT2D eigenvalue weighted by molar-refractivity contribution is 5.92. The van der Waals surface area contributed by atoms with Crippen molar-refractivity contribution in [3.05, 3.63) is 17.1 Å². The van der Waals surface area contributed by atoms with Gasteiger partial charge < -0.3 is 15.6 Å². The summed E-state index contributed by atoms with van der Waals surface area (Å²) in [5.74, 6) is 1.03. The molecule has 0 saturated heterocycles. The summed E-state index contributed by atoms with van der Waals surface area (Å²) in [6.07, 6.45) is 0. The molecule has 0 fully saturated rings. The number of anilines is 1. The van der Waals surface area contributed by atoms with Gasteiger partial charge in [0.15, 0.2) is 0 Å². The van der Waals surface area contributed by atoms with E-state index in [0.29, 0.717) is 11.6 Å². The van der Waals surface area contributed by atoms with Crippen molar-refractivity contribution in [2.45, 2.75) is 53.6 Å². The smallest absolute Gasteiger partial charge is 0.240 e. The van der Waals surface area contributed by atoms with Crippen LogP contribution < -0.4 is 11.1 Å². The molecule has 2 aromatic rings. The van der Waals surface area contributed by atoms with E-state index in [2.05, 4.69) is 15.3 Å². The molecule has 2 heterocycles. The molecule has 0 aliphatic carbocycles. The maximum Gasteiger partial charge on any atom is 0.240 e. The molecule has 2 rings (SSSR count). The van der Waals surface area contributed by atoms with Crippen LogP contribution in [0.5, 0.6) is 0 Å². The Labute approximate surface area is 124 Å². The number of rotatable bonds is 2. The van der Waals surface area contributed by atoms with E-state index in [1.807, 2.05) is 39.2 Å². The second-order valence-corrected chi connectivity index (χ2v) is 6.45. The Balaban J connectivity index is 2.49. The number of aryl methyl sites for hydroxylation is 2. The number of hydrogen-bond acceptors (Lipinski definition) is 4. The number of nitrogen functional groups attached to an aromatic ring is 1. The minimum Gasteiger partial charge on any atom is -0.383 e. The molecular weight excluding hydrogens is 266 g/mol. The lowest BCUT2D eigenvalue weighted by Crippen LogP contribution is -2.42. The van der Waals surface area contributed by atoms with E-state index in [-0.39, 0.29) is 18.0 Å². The summed E-state index contributed by atoms with van der Waals surface area (Å²) in [7, 11) is 0. The van der Waals surface area contributed by atoms with Gasteiger partial charge in [-0.15, -0.1) is 0 Å².